The Morgan fingerprint density at radius 2 is 1.88 bits per heavy atom. The van der Waals surface area contributed by atoms with Gasteiger partial charge in [-0.2, -0.15) is 5.10 Å². The fraction of sp³-hybridized carbons (Fsp3) is 0.500. The predicted octanol–water partition coefficient (Wildman–Crippen LogP) is 2.25. The topological polar surface area (TPSA) is 64.3 Å². The summed E-state index contributed by atoms with van der Waals surface area (Å²) in [5.41, 5.74) is 6.28. The summed E-state index contributed by atoms with van der Waals surface area (Å²) in [6.45, 7) is 9.78. The smallest absolute Gasteiger partial charge is 0.226 e. The predicted molar refractivity (Wildman–Crippen MR) is 102 cm³/mol. The summed E-state index contributed by atoms with van der Waals surface area (Å²) in [7, 11) is 2.18. The minimum atomic E-state index is 0.0485. The van der Waals surface area contributed by atoms with Gasteiger partial charge in [-0.1, -0.05) is 12.1 Å². The van der Waals surface area contributed by atoms with Crippen molar-refractivity contribution < 1.29 is 4.79 Å². The van der Waals surface area contributed by atoms with E-state index in [4.69, 9.17) is 0 Å². The Bertz CT molecular complexity index is 820. The molecule has 2 aromatic rings. The average Bonchev–Trinajstić information content (AvgIpc) is 3.07. The first kappa shape index (κ1) is 17.2. The molecule has 1 fully saturated rings. The third kappa shape index (κ3) is 3.27. The van der Waals surface area contributed by atoms with E-state index >= 15 is 0 Å². The van der Waals surface area contributed by atoms with Crippen LogP contribution in [0, 0.1) is 13.8 Å². The molecule has 0 bridgehead atoms. The number of aromatic amines is 1. The van der Waals surface area contributed by atoms with Crippen LogP contribution in [0.15, 0.2) is 18.3 Å². The Hall–Kier alpha value is -2.18. The molecule has 0 unspecified atom stereocenters. The van der Waals surface area contributed by atoms with Crippen molar-refractivity contribution in [1.29, 1.82) is 0 Å². The summed E-state index contributed by atoms with van der Waals surface area (Å²) in [5, 5.41) is 9.92. The molecule has 1 aromatic carbocycles. The second-order valence-corrected chi connectivity index (χ2v) is 7.72. The molecule has 1 atom stereocenters. The molecule has 1 amide bonds. The highest BCUT2D eigenvalue weighted by Crippen LogP contribution is 2.38. The van der Waals surface area contributed by atoms with Gasteiger partial charge in [0.25, 0.3) is 0 Å². The average molecular weight is 353 g/mol. The zero-order valence-corrected chi connectivity index (χ0v) is 15.8. The van der Waals surface area contributed by atoms with E-state index in [1.807, 2.05) is 6.20 Å². The van der Waals surface area contributed by atoms with Gasteiger partial charge in [0.1, 0.15) is 5.82 Å². The first-order chi connectivity index (χ1) is 12.5. The molecular weight excluding hydrogens is 326 g/mol. The molecule has 6 nitrogen and oxygen atoms in total. The molecule has 2 aliphatic heterocycles. The molecule has 4 rings (SSSR count). The van der Waals surface area contributed by atoms with Crippen LogP contribution in [0.1, 0.15) is 40.2 Å². The van der Waals surface area contributed by atoms with Crippen LogP contribution in [0.3, 0.4) is 0 Å². The first-order valence-corrected chi connectivity index (χ1v) is 9.35. The second-order valence-electron chi connectivity index (χ2n) is 7.72. The molecular formula is C20H27N5O. The number of benzene rings is 1. The molecule has 0 aliphatic carbocycles. The van der Waals surface area contributed by atoms with Gasteiger partial charge < -0.3 is 10.2 Å². The lowest BCUT2D eigenvalue weighted by Gasteiger charge is -2.33. The number of amides is 1. The van der Waals surface area contributed by atoms with E-state index in [1.165, 1.54) is 22.3 Å². The Morgan fingerprint density at radius 1 is 1.12 bits per heavy atom. The Balaban J connectivity index is 1.64. The van der Waals surface area contributed by atoms with Gasteiger partial charge in [-0.25, -0.2) is 0 Å². The van der Waals surface area contributed by atoms with E-state index in [0.717, 1.165) is 44.1 Å². The van der Waals surface area contributed by atoms with Crippen molar-refractivity contribution in [2.24, 2.45) is 0 Å². The third-order valence-electron chi connectivity index (χ3n) is 5.79. The quantitative estimate of drug-likeness (QED) is 0.888. The number of anilines is 1. The van der Waals surface area contributed by atoms with E-state index in [1.54, 1.807) is 0 Å². The molecule has 2 aliphatic rings. The second kappa shape index (κ2) is 6.85. The summed E-state index contributed by atoms with van der Waals surface area (Å²) in [6.07, 6.45) is 2.32. The van der Waals surface area contributed by atoms with Crippen LogP contribution in [-0.4, -0.2) is 59.1 Å². The van der Waals surface area contributed by atoms with Gasteiger partial charge in [-0.05, 0) is 43.1 Å². The van der Waals surface area contributed by atoms with Gasteiger partial charge in [0.2, 0.25) is 5.91 Å². The molecule has 0 saturated carbocycles. The largest absolute Gasteiger partial charge is 0.311 e. The molecule has 1 saturated heterocycles. The number of aromatic nitrogens is 2. The van der Waals surface area contributed by atoms with Gasteiger partial charge in [-0.15, -0.1) is 0 Å². The van der Waals surface area contributed by atoms with E-state index in [0.29, 0.717) is 6.42 Å². The number of aryl methyl sites for hydroxylation is 2. The van der Waals surface area contributed by atoms with Crippen molar-refractivity contribution in [3.05, 3.63) is 46.1 Å². The van der Waals surface area contributed by atoms with Crippen LogP contribution in [0.5, 0.6) is 0 Å². The van der Waals surface area contributed by atoms with Crippen molar-refractivity contribution in [1.82, 2.24) is 20.0 Å². The van der Waals surface area contributed by atoms with Crippen LogP contribution in [0.2, 0.25) is 0 Å². The first-order valence-electron chi connectivity index (χ1n) is 9.35. The summed E-state index contributed by atoms with van der Waals surface area (Å²) < 4.78 is 0. The number of carbonyl (C=O) groups is 1. The highest BCUT2D eigenvalue weighted by Gasteiger charge is 2.29. The molecule has 3 heterocycles. The number of nitrogens with zero attached hydrogens (tertiary/aromatic N) is 3. The molecule has 0 radical (unpaired) electrons. The minimum Gasteiger partial charge on any atom is -0.311 e. The number of piperazine rings is 1. The summed E-state index contributed by atoms with van der Waals surface area (Å²) in [5.74, 6) is 0.864. The summed E-state index contributed by atoms with van der Waals surface area (Å²) in [6, 6.07) is 4.59. The Morgan fingerprint density at radius 3 is 2.65 bits per heavy atom. The van der Waals surface area contributed by atoms with Crippen LogP contribution in [0.4, 0.5) is 5.82 Å². The monoisotopic (exact) mass is 353 g/mol. The maximum absolute atomic E-state index is 12.1. The maximum atomic E-state index is 12.1. The van der Waals surface area contributed by atoms with Crippen molar-refractivity contribution in [3.8, 4) is 0 Å². The van der Waals surface area contributed by atoms with Crippen LogP contribution < -0.4 is 5.32 Å². The van der Waals surface area contributed by atoms with Crippen molar-refractivity contribution in [3.63, 3.8) is 0 Å². The standard InChI is InChI=1S/C20H27N5O/c1-13-8-14(2)16(9-15(13)12-25-6-4-24(3)5-7-25)17-10-19(26)22-20-18(17)11-21-23-20/h8-9,11,17H,4-7,10,12H2,1-3H3,(H2,21,22,23,26)/t17-/m0/s1. The summed E-state index contributed by atoms with van der Waals surface area (Å²) >= 11 is 0. The zero-order valence-electron chi connectivity index (χ0n) is 15.8. The van der Waals surface area contributed by atoms with Gasteiger partial charge in [0, 0.05) is 50.6 Å². The number of likely N-dealkylation sites (N-methyl/N-ethyl adjacent to an activating group) is 1. The fourth-order valence-electron chi connectivity index (χ4n) is 4.13. The lowest BCUT2D eigenvalue weighted by molar-refractivity contribution is -0.116. The summed E-state index contributed by atoms with van der Waals surface area (Å²) in [4.78, 5) is 17.1. The number of hydrogen-bond donors (Lipinski definition) is 2. The van der Waals surface area contributed by atoms with Crippen LogP contribution in [-0.2, 0) is 11.3 Å². The number of nitrogens with one attached hydrogen (secondary N) is 2. The molecule has 0 spiro atoms. The Labute approximate surface area is 154 Å². The van der Waals surface area contributed by atoms with E-state index < -0.39 is 0 Å². The number of carbonyl (C=O) groups excluding carboxylic acids is 1. The molecule has 138 valence electrons. The highest BCUT2D eigenvalue weighted by molar-refractivity contribution is 5.94. The third-order valence-corrected chi connectivity index (χ3v) is 5.79. The van der Waals surface area contributed by atoms with Gasteiger partial charge in [0.15, 0.2) is 0 Å². The number of H-pyrrole nitrogens is 1. The van der Waals surface area contributed by atoms with Gasteiger partial charge >= 0.3 is 0 Å². The number of hydrogen-bond acceptors (Lipinski definition) is 4. The molecule has 2 N–H and O–H groups in total. The Kier molecular flexibility index (Phi) is 4.54. The molecule has 26 heavy (non-hydrogen) atoms. The van der Waals surface area contributed by atoms with Crippen molar-refractivity contribution in [2.45, 2.75) is 32.7 Å². The highest BCUT2D eigenvalue weighted by atomic mass is 16.1. The van der Waals surface area contributed by atoms with Crippen molar-refractivity contribution >= 4 is 11.7 Å². The van der Waals surface area contributed by atoms with Crippen molar-refractivity contribution in [2.75, 3.05) is 38.5 Å². The van der Waals surface area contributed by atoms with Crippen LogP contribution >= 0.6 is 0 Å². The van der Waals surface area contributed by atoms with E-state index in [2.05, 4.69) is 58.3 Å². The fourth-order valence-corrected chi connectivity index (χ4v) is 4.13. The normalized spacial score (nSPS) is 21.5. The minimum absolute atomic E-state index is 0.0485. The number of fused-ring (bicyclic) bond motifs is 1. The lowest BCUT2D eigenvalue weighted by atomic mass is 9.83. The van der Waals surface area contributed by atoms with E-state index in [-0.39, 0.29) is 11.8 Å². The molecule has 1 aromatic heterocycles. The van der Waals surface area contributed by atoms with Gasteiger partial charge in [-0.3, -0.25) is 14.8 Å². The maximum Gasteiger partial charge on any atom is 0.226 e. The molecule has 6 heteroatoms. The lowest BCUT2D eigenvalue weighted by Crippen LogP contribution is -2.44. The van der Waals surface area contributed by atoms with Gasteiger partial charge in [0.05, 0.1) is 6.20 Å². The SMILES string of the molecule is Cc1cc(C)c([C@@H]2CC(=O)Nc3[nH]ncc32)cc1CN1CCN(C)CC1. The van der Waals surface area contributed by atoms with E-state index in [9.17, 15) is 4.79 Å². The number of rotatable bonds is 3. The van der Waals surface area contributed by atoms with Crippen LogP contribution in [0.25, 0.3) is 0 Å². The zero-order chi connectivity index (χ0) is 18.3.